The molecule has 0 aromatic rings. The monoisotopic (exact) mass is 260 g/mol. The van der Waals surface area contributed by atoms with Crippen LogP contribution in [0.4, 0.5) is 0 Å². The van der Waals surface area contributed by atoms with Gasteiger partial charge in [0.2, 0.25) is 0 Å². The van der Waals surface area contributed by atoms with Gasteiger partial charge in [-0.15, -0.1) is 26.3 Å². The first-order chi connectivity index (χ1) is 8.20. The van der Waals surface area contributed by atoms with Gasteiger partial charge in [-0.1, -0.05) is 51.2 Å². The third-order valence-electron chi connectivity index (χ3n) is 6.30. The van der Waals surface area contributed by atoms with Crippen molar-refractivity contribution in [3.05, 3.63) is 49.9 Å². The van der Waals surface area contributed by atoms with E-state index in [9.17, 15) is 0 Å². The zero-order valence-electron chi connectivity index (χ0n) is 12.6. The summed E-state index contributed by atoms with van der Waals surface area (Å²) in [4.78, 5) is 0. The van der Waals surface area contributed by atoms with Gasteiger partial charge in [-0.2, -0.15) is 0 Å². The molecule has 0 radical (unpaired) electrons. The van der Waals surface area contributed by atoms with Gasteiger partial charge in [0.15, 0.2) is 0 Å². The van der Waals surface area contributed by atoms with Crippen LogP contribution in [0.3, 0.4) is 0 Å². The summed E-state index contributed by atoms with van der Waals surface area (Å²) in [6.07, 6.45) is 5.32. The van der Waals surface area contributed by atoms with Crippen LogP contribution < -0.4 is 0 Å². The summed E-state index contributed by atoms with van der Waals surface area (Å²) in [5.41, 5.74) is 4.56. The average molecular weight is 260 g/mol. The van der Waals surface area contributed by atoms with Crippen molar-refractivity contribution in [1.82, 2.24) is 0 Å². The molecule has 0 amide bonds. The van der Waals surface area contributed by atoms with Gasteiger partial charge in [0.05, 0.1) is 0 Å². The smallest absolute Gasteiger partial charge is 0.107 e. The molecule has 0 aromatic carbocycles. The van der Waals surface area contributed by atoms with Crippen molar-refractivity contribution in [2.75, 3.05) is 0 Å². The molecule has 0 atom stereocenters. The summed E-state index contributed by atoms with van der Waals surface area (Å²) in [5, 5.41) is 0.185. The SMILES string of the molecule is C=CC1(C=C)CC[Si](C=C)(C=C)C(C)(C)C1(C)C. The zero-order chi connectivity index (χ0) is 14.2. The van der Waals surface area contributed by atoms with Crippen LogP contribution in [0.2, 0.25) is 11.1 Å². The molecule has 1 aliphatic heterocycles. The predicted octanol–water partition coefficient (Wildman–Crippen LogP) is 5.45. The van der Waals surface area contributed by atoms with Gasteiger partial charge in [0, 0.05) is 5.41 Å². The molecule has 18 heavy (non-hydrogen) atoms. The van der Waals surface area contributed by atoms with Gasteiger partial charge < -0.3 is 0 Å². The zero-order valence-corrected chi connectivity index (χ0v) is 13.6. The minimum Gasteiger partial charge on any atom is -0.107 e. The Morgan fingerprint density at radius 3 is 1.67 bits per heavy atom. The molecule has 1 aliphatic rings. The standard InChI is InChI=1S/C17H28Si/c1-9-17(10-2)13-14-18(11-3,12-4)16(7,8)15(17,5)6/h9-12H,1-4,13-14H2,5-8H3. The number of rotatable bonds is 4. The summed E-state index contributed by atoms with van der Waals surface area (Å²) in [6.45, 7) is 25.9. The van der Waals surface area contributed by atoms with Gasteiger partial charge in [0.1, 0.15) is 8.07 Å². The first-order valence-electron chi connectivity index (χ1n) is 6.74. The van der Waals surface area contributed by atoms with Gasteiger partial charge >= 0.3 is 0 Å². The van der Waals surface area contributed by atoms with Crippen molar-refractivity contribution in [2.45, 2.75) is 45.2 Å². The van der Waals surface area contributed by atoms with E-state index in [0.29, 0.717) is 0 Å². The molecular weight excluding hydrogens is 232 g/mol. The first kappa shape index (κ1) is 15.2. The highest BCUT2D eigenvalue weighted by Gasteiger charge is 2.61. The Bertz CT molecular complexity index is 330. The summed E-state index contributed by atoms with van der Waals surface area (Å²) in [6, 6.07) is 1.19. The molecule has 0 N–H and O–H groups in total. The normalized spacial score (nSPS) is 26.9. The topological polar surface area (TPSA) is 0 Å². The molecule has 0 aromatic heterocycles. The maximum absolute atomic E-state index is 4.13. The fourth-order valence-corrected chi connectivity index (χ4v) is 8.24. The molecular formula is C17H28Si. The molecule has 1 heteroatoms. The Hall–Kier alpha value is -0.823. The lowest BCUT2D eigenvalue weighted by molar-refractivity contribution is 0.0966. The van der Waals surface area contributed by atoms with Crippen LogP contribution in [-0.2, 0) is 0 Å². The van der Waals surface area contributed by atoms with Crippen molar-refractivity contribution in [3.8, 4) is 0 Å². The Morgan fingerprint density at radius 2 is 1.33 bits per heavy atom. The fraction of sp³-hybridized carbons (Fsp3) is 0.529. The van der Waals surface area contributed by atoms with Crippen LogP contribution >= 0.6 is 0 Å². The summed E-state index contributed by atoms with van der Waals surface area (Å²) >= 11 is 0. The number of allylic oxidation sites excluding steroid dienone is 2. The summed E-state index contributed by atoms with van der Waals surface area (Å²) in [7, 11) is -1.68. The predicted molar refractivity (Wildman–Crippen MR) is 86.2 cm³/mol. The van der Waals surface area contributed by atoms with Crippen LogP contribution in [0.15, 0.2) is 49.9 Å². The molecule has 1 heterocycles. The van der Waals surface area contributed by atoms with Crippen LogP contribution in [0.1, 0.15) is 34.1 Å². The summed E-state index contributed by atoms with van der Waals surface area (Å²) < 4.78 is 0. The quantitative estimate of drug-likeness (QED) is 0.465. The maximum Gasteiger partial charge on any atom is 0.107 e. The van der Waals surface area contributed by atoms with Crippen molar-refractivity contribution in [1.29, 1.82) is 0 Å². The Balaban J connectivity index is 3.51. The Kier molecular flexibility index (Phi) is 3.70. The fourth-order valence-electron chi connectivity index (χ4n) is 3.80. The third-order valence-corrected chi connectivity index (χ3v) is 11.8. The minimum atomic E-state index is -1.68. The van der Waals surface area contributed by atoms with Crippen molar-refractivity contribution >= 4 is 8.07 Å². The lowest BCUT2D eigenvalue weighted by Crippen LogP contribution is -2.59. The van der Waals surface area contributed by atoms with Crippen LogP contribution in [0, 0.1) is 10.8 Å². The largest absolute Gasteiger partial charge is 0.107 e. The maximum atomic E-state index is 4.13. The third kappa shape index (κ3) is 1.49. The van der Waals surface area contributed by atoms with Gasteiger partial charge in [-0.05, 0) is 22.9 Å². The van der Waals surface area contributed by atoms with E-state index in [-0.39, 0.29) is 15.9 Å². The van der Waals surface area contributed by atoms with Crippen LogP contribution in [0.25, 0.3) is 0 Å². The van der Waals surface area contributed by atoms with Gasteiger partial charge in [0.25, 0.3) is 0 Å². The molecule has 100 valence electrons. The molecule has 0 nitrogen and oxygen atoms in total. The number of hydrogen-bond donors (Lipinski definition) is 0. The second-order valence-electron chi connectivity index (χ2n) is 6.65. The molecule has 0 saturated carbocycles. The minimum absolute atomic E-state index is 0.0129. The van der Waals surface area contributed by atoms with Crippen LogP contribution in [0.5, 0.6) is 0 Å². The van der Waals surface area contributed by atoms with E-state index in [4.69, 9.17) is 0 Å². The Labute approximate surface area is 114 Å². The average Bonchev–Trinajstić information content (AvgIpc) is 2.34. The van der Waals surface area contributed by atoms with E-state index in [0.717, 1.165) is 6.42 Å². The van der Waals surface area contributed by atoms with Crippen LogP contribution in [-0.4, -0.2) is 8.07 Å². The van der Waals surface area contributed by atoms with Crippen molar-refractivity contribution in [2.24, 2.45) is 10.8 Å². The highest BCUT2D eigenvalue weighted by molar-refractivity contribution is 6.91. The second-order valence-corrected chi connectivity index (χ2v) is 11.3. The highest BCUT2D eigenvalue weighted by Crippen LogP contribution is 2.68. The van der Waals surface area contributed by atoms with E-state index in [1.165, 1.54) is 6.04 Å². The molecule has 1 rings (SSSR count). The van der Waals surface area contributed by atoms with Gasteiger partial charge in [-0.3, -0.25) is 0 Å². The molecule has 1 saturated heterocycles. The van der Waals surface area contributed by atoms with Gasteiger partial charge in [-0.25, -0.2) is 0 Å². The molecule has 1 fully saturated rings. The highest BCUT2D eigenvalue weighted by atomic mass is 28.3. The van der Waals surface area contributed by atoms with Crippen molar-refractivity contribution in [3.63, 3.8) is 0 Å². The molecule has 0 unspecified atom stereocenters. The lowest BCUT2D eigenvalue weighted by atomic mass is 9.58. The second kappa shape index (κ2) is 4.38. The number of hydrogen-bond acceptors (Lipinski definition) is 0. The van der Waals surface area contributed by atoms with E-state index in [1.54, 1.807) is 0 Å². The molecule has 0 spiro atoms. The molecule has 0 aliphatic carbocycles. The summed E-state index contributed by atoms with van der Waals surface area (Å²) in [5.74, 6) is 0. The van der Waals surface area contributed by atoms with E-state index in [2.05, 4.69) is 77.6 Å². The first-order valence-corrected chi connectivity index (χ1v) is 9.11. The van der Waals surface area contributed by atoms with E-state index in [1.807, 2.05) is 0 Å². The lowest BCUT2D eigenvalue weighted by Gasteiger charge is -2.63. The molecule has 0 bridgehead atoms. The van der Waals surface area contributed by atoms with Crippen molar-refractivity contribution < 1.29 is 0 Å². The Morgan fingerprint density at radius 1 is 0.889 bits per heavy atom. The van der Waals surface area contributed by atoms with E-state index < -0.39 is 8.07 Å². The van der Waals surface area contributed by atoms with E-state index >= 15 is 0 Å².